The number of rotatable bonds is 4. The molecule has 2 heterocycles. The van der Waals surface area contributed by atoms with E-state index in [0.717, 1.165) is 30.5 Å². The summed E-state index contributed by atoms with van der Waals surface area (Å²) in [5, 5.41) is 3.89. The summed E-state index contributed by atoms with van der Waals surface area (Å²) in [6, 6.07) is 0. The van der Waals surface area contributed by atoms with Gasteiger partial charge in [-0.15, -0.1) is 0 Å². The molecule has 1 saturated heterocycles. The average molecular weight is 334 g/mol. The molecule has 0 unspecified atom stereocenters. The van der Waals surface area contributed by atoms with Crippen LogP contribution in [-0.4, -0.2) is 58.5 Å². The van der Waals surface area contributed by atoms with Crippen LogP contribution in [0.5, 0.6) is 0 Å². The van der Waals surface area contributed by atoms with Crippen LogP contribution < -0.4 is 5.73 Å². The number of nitrogens with zero attached hydrogens (tertiary/aromatic N) is 3. The molecule has 1 aliphatic heterocycles. The van der Waals surface area contributed by atoms with Gasteiger partial charge in [0, 0.05) is 43.7 Å². The molecule has 7 nitrogen and oxygen atoms in total. The SMILES string of the molecule is Cc1noc(C)c1CC(=O)N1CCN(C(=O)CC2(N)CCC2)CC1. The fraction of sp³-hybridized carbons (Fsp3) is 0.706. The first-order chi connectivity index (χ1) is 11.4. The molecule has 1 aromatic rings. The van der Waals surface area contributed by atoms with E-state index < -0.39 is 0 Å². The Morgan fingerprint density at radius 1 is 1.12 bits per heavy atom. The molecule has 1 aromatic heterocycles. The molecular formula is C17H26N4O3. The fourth-order valence-corrected chi connectivity index (χ4v) is 3.44. The van der Waals surface area contributed by atoms with Crippen LogP contribution in [0, 0.1) is 13.8 Å². The van der Waals surface area contributed by atoms with E-state index in [-0.39, 0.29) is 17.4 Å². The first kappa shape index (κ1) is 17.0. The highest BCUT2D eigenvalue weighted by molar-refractivity contribution is 5.80. The van der Waals surface area contributed by atoms with Crippen LogP contribution in [-0.2, 0) is 16.0 Å². The van der Waals surface area contributed by atoms with Gasteiger partial charge in [-0.3, -0.25) is 9.59 Å². The second-order valence-electron chi connectivity index (χ2n) is 7.13. The van der Waals surface area contributed by atoms with Crippen molar-refractivity contribution in [2.45, 2.75) is 51.5 Å². The number of carbonyl (C=O) groups excluding carboxylic acids is 2. The van der Waals surface area contributed by atoms with Crippen molar-refractivity contribution in [3.63, 3.8) is 0 Å². The largest absolute Gasteiger partial charge is 0.361 e. The van der Waals surface area contributed by atoms with Crippen molar-refractivity contribution < 1.29 is 14.1 Å². The third kappa shape index (κ3) is 3.45. The van der Waals surface area contributed by atoms with E-state index in [1.165, 1.54) is 0 Å². The average Bonchev–Trinajstić information content (AvgIpc) is 2.85. The van der Waals surface area contributed by atoms with Gasteiger partial charge in [-0.05, 0) is 33.1 Å². The number of nitrogens with two attached hydrogens (primary N) is 1. The van der Waals surface area contributed by atoms with Gasteiger partial charge in [0.15, 0.2) is 0 Å². The predicted octanol–water partition coefficient (Wildman–Crippen LogP) is 0.776. The van der Waals surface area contributed by atoms with Gasteiger partial charge in [0.1, 0.15) is 5.76 Å². The molecule has 2 aliphatic rings. The maximum Gasteiger partial charge on any atom is 0.227 e. The number of hydrogen-bond donors (Lipinski definition) is 1. The Bertz CT molecular complexity index is 608. The Morgan fingerprint density at radius 3 is 2.17 bits per heavy atom. The minimum Gasteiger partial charge on any atom is -0.361 e. The number of amides is 2. The third-order valence-corrected chi connectivity index (χ3v) is 5.35. The van der Waals surface area contributed by atoms with Gasteiger partial charge in [-0.1, -0.05) is 5.16 Å². The molecule has 1 saturated carbocycles. The Hall–Kier alpha value is -1.89. The normalized spacial score (nSPS) is 20.0. The second kappa shape index (κ2) is 6.55. The van der Waals surface area contributed by atoms with Crippen molar-refractivity contribution >= 4 is 11.8 Å². The number of aromatic nitrogens is 1. The predicted molar refractivity (Wildman–Crippen MR) is 88.2 cm³/mol. The topological polar surface area (TPSA) is 92.7 Å². The molecule has 2 fully saturated rings. The van der Waals surface area contributed by atoms with Crippen molar-refractivity contribution in [1.82, 2.24) is 15.0 Å². The minimum absolute atomic E-state index is 0.0609. The van der Waals surface area contributed by atoms with Crippen LogP contribution in [0.25, 0.3) is 0 Å². The zero-order chi connectivity index (χ0) is 17.3. The number of aryl methyl sites for hydroxylation is 2. The Kier molecular flexibility index (Phi) is 4.62. The summed E-state index contributed by atoms with van der Waals surface area (Å²) >= 11 is 0. The summed E-state index contributed by atoms with van der Waals surface area (Å²) in [5.74, 6) is 0.879. The van der Waals surface area contributed by atoms with Crippen molar-refractivity contribution in [2.24, 2.45) is 5.73 Å². The lowest BCUT2D eigenvalue weighted by Gasteiger charge is -2.41. The molecule has 2 N–H and O–H groups in total. The molecule has 2 amide bonds. The lowest BCUT2D eigenvalue weighted by Crippen LogP contribution is -2.55. The van der Waals surface area contributed by atoms with Crippen LogP contribution in [0.3, 0.4) is 0 Å². The van der Waals surface area contributed by atoms with Crippen LogP contribution in [0.4, 0.5) is 0 Å². The van der Waals surface area contributed by atoms with Crippen LogP contribution in [0.2, 0.25) is 0 Å². The van der Waals surface area contributed by atoms with E-state index in [1.807, 2.05) is 23.6 Å². The van der Waals surface area contributed by atoms with Crippen molar-refractivity contribution in [3.8, 4) is 0 Å². The minimum atomic E-state index is -0.284. The Balaban J connectivity index is 1.49. The number of piperazine rings is 1. The first-order valence-corrected chi connectivity index (χ1v) is 8.64. The summed E-state index contributed by atoms with van der Waals surface area (Å²) in [6.45, 7) is 5.99. The number of carbonyl (C=O) groups is 2. The van der Waals surface area contributed by atoms with Crippen LogP contribution >= 0.6 is 0 Å². The second-order valence-corrected chi connectivity index (χ2v) is 7.13. The third-order valence-electron chi connectivity index (χ3n) is 5.35. The van der Waals surface area contributed by atoms with Crippen molar-refractivity contribution in [2.75, 3.05) is 26.2 Å². The Morgan fingerprint density at radius 2 is 1.71 bits per heavy atom. The van der Waals surface area contributed by atoms with E-state index >= 15 is 0 Å². The molecule has 3 rings (SSSR count). The highest BCUT2D eigenvalue weighted by atomic mass is 16.5. The molecule has 24 heavy (non-hydrogen) atoms. The van der Waals surface area contributed by atoms with E-state index in [0.29, 0.717) is 44.8 Å². The van der Waals surface area contributed by atoms with Gasteiger partial charge in [-0.25, -0.2) is 0 Å². The van der Waals surface area contributed by atoms with Gasteiger partial charge in [0.25, 0.3) is 0 Å². The van der Waals surface area contributed by atoms with Crippen molar-refractivity contribution in [3.05, 3.63) is 17.0 Å². The quantitative estimate of drug-likeness (QED) is 0.878. The van der Waals surface area contributed by atoms with E-state index in [9.17, 15) is 9.59 Å². The van der Waals surface area contributed by atoms with Crippen LogP contribution in [0.1, 0.15) is 42.7 Å². The maximum atomic E-state index is 12.5. The monoisotopic (exact) mass is 334 g/mol. The molecule has 0 aromatic carbocycles. The Labute approximate surface area is 142 Å². The lowest BCUT2D eigenvalue weighted by molar-refractivity contribution is -0.140. The van der Waals surface area contributed by atoms with Crippen molar-refractivity contribution in [1.29, 1.82) is 0 Å². The van der Waals surface area contributed by atoms with E-state index in [1.54, 1.807) is 0 Å². The summed E-state index contributed by atoms with van der Waals surface area (Å²) in [4.78, 5) is 28.5. The van der Waals surface area contributed by atoms with Gasteiger partial charge in [0.2, 0.25) is 11.8 Å². The standard InChI is InChI=1S/C17H26N4O3/c1-12-14(13(2)24-19-12)10-15(22)20-6-8-21(9-7-20)16(23)11-17(18)4-3-5-17/h3-11,18H2,1-2H3. The molecule has 132 valence electrons. The van der Waals surface area contributed by atoms with E-state index in [2.05, 4.69) is 5.16 Å². The summed E-state index contributed by atoms with van der Waals surface area (Å²) in [5.41, 5.74) is 7.51. The zero-order valence-corrected chi connectivity index (χ0v) is 14.5. The van der Waals surface area contributed by atoms with E-state index in [4.69, 9.17) is 10.3 Å². The molecule has 0 atom stereocenters. The zero-order valence-electron chi connectivity index (χ0n) is 14.5. The lowest BCUT2D eigenvalue weighted by atomic mass is 9.75. The van der Waals surface area contributed by atoms with Gasteiger partial charge in [0.05, 0.1) is 12.1 Å². The molecule has 7 heteroatoms. The molecule has 1 aliphatic carbocycles. The molecular weight excluding hydrogens is 308 g/mol. The number of hydrogen-bond acceptors (Lipinski definition) is 5. The maximum absolute atomic E-state index is 12.5. The summed E-state index contributed by atoms with van der Waals surface area (Å²) < 4.78 is 5.11. The fourth-order valence-electron chi connectivity index (χ4n) is 3.44. The summed E-state index contributed by atoms with van der Waals surface area (Å²) in [7, 11) is 0. The van der Waals surface area contributed by atoms with Crippen LogP contribution in [0.15, 0.2) is 4.52 Å². The van der Waals surface area contributed by atoms with Gasteiger partial charge in [-0.2, -0.15) is 0 Å². The molecule has 0 spiro atoms. The van der Waals surface area contributed by atoms with Gasteiger partial charge >= 0.3 is 0 Å². The highest BCUT2D eigenvalue weighted by Crippen LogP contribution is 2.32. The smallest absolute Gasteiger partial charge is 0.227 e. The molecule has 0 bridgehead atoms. The summed E-state index contributed by atoms with van der Waals surface area (Å²) in [6.07, 6.45) is 3.73. The van der Waals surface area contributed by atoms with Gasteiger partial charge < -0.3 is 20.1 Å². The molecule has 0 radical (unpaired) electrons. The first-order valence-electron chi connectivity index (χ1n) is 8.64. The highest BCUT2D eigenvalue weighted by Gasteiger charge is 2.36.